The van der Waals surface area contributed by atoms with Crippen LogP contribution < -0.4 is 9.47 Å². The van der Waals surface area contributed by atoms with Crippen LogP contribution in [0.2, 0.25) is 0 Å². The van der Waals surface area contributed by atoms with E-state index in [9.17, 15) is 10.1 Å². The van der Waals surface area contributed by atoms with Crippen molar-refractivity contribution in [2.45, 2.75) is 0 Å². The van der Waals surface area contributed by atoms with Gasteiger partial charge >= 0.3 is 0 Å². The Bertz CT molecular complexity index is 994. The molecule has 3 aromatic rings. The van der Waals surface area contributed by atoms with Gasteiger partial charge in [-0.2, -0.15) is 0 Å². The molecule has 0 saturated heterocycles. The number of benzene rings is 2. The van der Waals surface area contributed by atoms with E-state index in [4.69, 9.17) is 9.47 Å². The van der Waals surface area contributed by atoms with Crippen LogP contribution in [0.5, 0.6) is 11.5 Å². The molecule has 132 valence electrons. The molecule has 1 aromatic heterocycles. The first kappa shape index (κ1) is 17.6. The molecule has 0 unspecified atom stereocenters. The Morgan fingerprint density at radius 3 is 2.81 bits per heavy atom. The van der Waals surface area contributed by atoms with E-state index in [-0.39, 0.29) is 5.69 Å². The Labute approximate surface area is 154 Å². The zero-order valence-electron chi connectivity index (χ0n) is 14.0. The fourth-order valence-electron chi connectivity index (χ4n) is 2.34. The van der Waals surface area contributed by atoms with E-state index in [1.165, 1.54) is 17.4 Å². The lowest BCUT2D eigenvalue weighted by molar-refractivity contribution is -0.384. The molecule has 0 radical (unpaired) electrons. The summed E-state index contributed by atoms with van der Waals surface area (Å²) in [7, 11) is 1.59. The number of rotatable bonds is 7. The summed E-state index contributed by atoms with van der Waals surface area (Å²) in [5.74, 6) is 1.28. The number of ether oxygens (including phenoxy) is 2. The summed E-state index contributed by atoms with van der Waals surface area (Å²) < 4.78 is 11.7. The van der Waals surface area contributed by atoms with Crippen molar-refractivity contribution in [1.29, 1.82) is 0 Å². The zero-order chi connectivity index (χ0) is 18.5. The van der Waals surface area contributed by atoms with Crippen molar-refractivity contribution >= 4 is 39.4 Å². The molecule has 6 nitrogen and oxygen atoms in total. The van der Waals surface area contributed by atoms with Crippen molar-refractivity contribution in [3.05, 3.63) is 69.7 Å². The van der Waals surface area contributed by atoms with Crippen molar-refractivity contribution in [3.8, 4) is 11.5 Å². The molecule has 0 atom stereocenters. The van der Waals surface area contributed by atoms with Gasteiger partial charge in [0.2, 0.25) is 0 Å². The van der Waals surface area contributed by atoms with Crippen LogP contribution in [0, 0.1) is 10.1 Å². The third-order valence-corrected chi connectivity index (χ3v) is 4.55. The molecular formula is C19H16N2O4S. The molecule has 0 aliphatic carbocycles. The van der Waals surface area contributed by atoms with Crippen LogP contribution in [-0.2, 0) is 0 Å². The van der Waals surface area contributed by atoms with Gasteiger partial charge in [-0.3, -0.25) is 10.1 Å². The number of methoxy groups -OCH3 is 1. The number of hydrogen-bond donors (Lipinski definition) is 0. The van der Waals surface area contributed by atoms with E-state index in [0.717, 1.165) is 20.8 Å². The van der Waals surface area contributed by atoms with Crippen molar-refractivity contribution in [1.82, 2.24) is 4.98 Å². The summed E-state index contributed by atoms with van der Waals surface area (Å²) in [6.45, 7) is 4.03. The van der Waals surface area contributed by atoms with Crippen LogP contribution in [0.3, 0.4) is 0 Å². The molecule has 0 saturated carbocycles. The minimum Gasteiger partial charge on any atom is -0.493 e. The quantitative estimate of drug-likeness (QED) is 0.335. The predicted molar refractivity (Wildman–Crippen MR) is 104 cm³/mol. The van der Waals surface area contributed by atoms with E-state index >= 15 is 0 Å². The van der Waals surface area contributed by atoms with Crippen LogP contribution in [0.1, 0.15) is 10.6 Å². The smallest absolute Gasteiger partial charge is 0.270 e. The number of hydrogen-bond acceptors (Lipinski definition) is 6. The van der Waals surface area contributed by atoms with Gasteiger partial charge in [-0.15, -0.1) is 11.3 Å². The van der Waals surface area contributed by atoms with Crippen molar-refractivity contribution < 1.29 is 14.4 Å². The number of fused-ring (bicyclic) bond motifs is 1. The highest BCUT2D eigenvalue weighted by Gasteiger charge is 2.09. The molecule has 0 aliphatic heterocycles. The zero-order valence-corrected chi connectivity index (χ0v) is 14.9. The lowest BCUT2D eigenvalue weighted by atomic mass is 10.2. The van der Waals surface area contributed by atoms with Crippen LogP contribution in [0.15, 0.2) is 49.1 Å². The summed E-state index contributed by atoms with van der Waals surface area (Å²) in [6.07, 6.45) is 5.45. The molecule has 1 heterocycles. The fourth-order valence-corrected chi connectivity index (χ4v) is 3.24. The standard InChI is InChI=1S/C19H16N2O4S/c1-3-10-25-16-8-4-13(11-17(16)24-2)5-9-19-20-15-7-6-14(21(22)23)12-18(15)26-19/h3-9,11-12H,1,10H2,2H3/b9-5+. The maximum absolute atomic E-state index is 10.9. The van der Waals surface area contributed by atoms with Gasteiger partial charge in [-0.25, -0.2) is 4.98 Å². The van der Waals surface area contributed by atoms with Crippen molar-refractivity contribution in [2.24, 2.45) is 0 Å². The third-order valence-electron chi connectivity index (χ3n) is 3.56. The molecule has 3 rings (SSSR count). The lowest BCUT2D eigenvalue weighted by Crippen LogP contribution is -1.96. The number of non-ortho nitro benzene ring substituents is 1. The molecule has 26 heavy (non-hydrogen) atoms. The van der Waals surface area contributed by atoms with Crippen LogP contribution in [0.25, 0.3) is 22.4 Å². The minimum atomic E-state index is -0.406. The first-order valence-electron chi connectivity index (χ1n) is 7.75. The Morgan fingerprint density at radius 1 is 1.23 bits per heavy atom. The molecule has 0 fully saturated rings. The third kappa shape index (κ3) is 3.89. The molecule has 7 heteroatoms. The second-order valence-corrected chi connectivity index (χ2v) is 6.37. The lowest BCUT2D eigenvalue weighted by Gasteiger charge is -2.09. The SMILES string of the molecule is C=CCOc1ccc(/C=C/c2nc3ccc([N+](=O)[O-])cc3s2)cc1OC. The summed E-state index contributed by atoms with van der Waals surface area (Å²) >= 11 is 1.40. The van der Waals surface area contributed by atoms with E-state index in [0.29, 0.717) is 18.1 Å². The average molecular weight is 368 g/mol. The molecule has 0 N–H and O–H groups in total. The van der Waals surface area contributed by atoms with E-state index in [2.05, 4.69) is 11.6 Å². The molecule has 2 aromatic carbocycles. The second-order valence-electron chi connectivity index (χ2n) is 5.30. The summed E-state index contributed by atoms with van der Waals surface area (Å²) in [5.41, 5.74) is 1.74. The van der Waals surface area contributed by atoms with Gasteiger partial charge in [0.15, 0.2) is 11.5 Å². The monoisotopic (exact) mass is 368 g/mol. The van der Waals surface area contributed by atoms with E-state index in [1.807, 2.05) is 30.4 Å². The van der Waals surface area contributed by atoms with Gasteiger partial charge in [-0.05, 0) is 29.8 Å². The number of nitro groups is 1. The highest BCUT2D eigenvalue weighted by Crippen LogP contribution is 2.30. The van der Waals surface area contributed by atoms with E-state index in [1.54, 1.807) is 25.3 Å². The Kier molecular flexibility index (Phi) is 5.28. The largest absolute Gasteiger partial charge is 0.493 e. The summed E-state index contributed by atoms with van der Waals surface area (Å²) in [5, 5.41) is 11.6. The fraction of sp³-hybridized carbons (Fsp3) is 0.105. The molecule has 0 bridgehead atoms. The topological polar surface area (TPSA) is 74.5 Å². The number of nitrogens with zero attached hydrogens (tertiary/aromatic N) is 2. The normalized spacial score (nSPS) is 11.0. The van der Waals surface area contributed by atoms with Gasteiger partial charge in [0.25, 0.3) is 5.69 Å². The maximum atomic E-state index is 10.9. The molecule has 0 aliphatic rings. The average Bonchev–Trinajstić information content (AvgIpc) is 3.06. The second kappa shape index (κ2) is 7.79. The van der Waals surface area contributed by atoms with Gasteiger partial charge in [0.05, 0.1) is 22.2 Å². The number of aromatic nitrogens is 1. The Hall–Kier alpha value is -3.19. The highest BCUT2D eigenvalue weighted by atomic mass is 32.1. The summed E-state index contributed by atoms with van der Waals surface area (Å²) in [4.78, 5) is 14.9. The Balaban J connectivity index is 1.83. The van der Waals surface area contributed by atoms with E-state index < -0.39 is 4.92 Å². The van der Waals surface area contributed by atoms with Crippen LogP contribution in [0.4, 0.5) is 5.69 Å². The van der Waals surface area contributed by atoms with Gasteiger partial charge in [-0.1, -0.05) is 24.8 Å². The first-order valence-corrected chi connectivity index (χ1v) is 8.57. The number of thiazole rings is 1. The van der Waals surface area contributed by atoms with Gasteiger partial charge < -0.3 is 9.47 Å². The highest BCUT2D eigenvalue weighted by molar-refractivity contribution is 7.19. The van der Waals surface area contributed by atoms with Crippen LogP contribution in [-0.4, -0.2) is 23.6 Å². The molecule has 0 spiro atoms. The molecule has 0 amide bonds. The van der Waals surface area contributed by atoms with Gasteiger partial charge in [0, 0.05) is 12.1 Å². The van der Waals surface area contributed by atoms with Crippen LogP contribution >= 0.6 is 11.3 Å². The number of nitro benzene ring substituents is 1. The van der Waals surface area contributed by atoms with Crippen molar-refractivity contribution in [2.75, 3.05) is 13.7 Å². The Morgan fingerprint density at radius 2 is 2.08 bits per heavy atom. The summed E-state index contributed by atoms with van der Waals surface area (Å²) in [6, 6.07) is 10.3. The van der Waals surface area contributed by atoms with Crippen molar-refractivity contribution in [3.63, 3.8) is 0 Å². The first-order chi connectivity index (χ1) is 12.6. The minimum absolute atomic E-state index is 0.0662. The predicted octanol–water partition coefficient (Wildman–Crippen LogP) is 4.95. The van der Waals surface area contributed by atoms with Gasteiger partial charge in [0.1, 0.15) is 11.6 Å². The molecular weight excluding hydrogens is 352 g/mol. The maximum Gasteiger partial charge on any atom is 0.270 e.